The van der Waals surface area contributed by atoms with Gasteiger partial charge in [0.05, 0.1) is 0 Å². The van der Waals surface area contributed by atoms with E-state index in [1.165, 1.54) is 0 Å². The normalized spacial score (nSPS) is 17.6. The van der Waals surface area contributed by atoms with Gasteiger partial charge in [-0.1, -0.05) is 11.6 Å². The molecule has 2 rings (SSSR count). The van der Waals surface area contributed by atoms with Crippen LogP contribution in [0.4, 0.5) is 8.78 Å². The quantitative estimate of drug-likeness (QED) is 0.891. The molecule has 1 fully saturated rings. The van der Waals surface area contributed by atoms with Gasteiger partial charge in [-0.05, 0) is 18.6 Å². The Kier molecular flexibility index (Phi) is 7.12. The summed E-state index contributed by atoms with van der Waals surface area (Å²) < 4.78 is 28.0. The molecule has 0 amide bonds. The summed E-state index contributed by atoms with van der Waals surface area (Å²) in [7, 11) is 0. The Bertz CT molecular complexity index is 419. The van der Waals surface area contributed by atoms with E-state index < -0.39 is 17.7 Å². The topological polar surface area (TPSA) is 35.5 Å². The van der Waals surface area contributed by atoms with E-state index in [1.54, 1.807) is 0 Å². The largest absolute Gasteiger partial charge is 0.396 e. The van der Waals surface area contributed by atoms with E-state index in [9.17, 15) is 8.78 Å². The van der Waals surface area contributed by atoms with E-state index in [-0.39, 0.29) is 29.6 Å². The molecule has 1 aliphatic rings. The van der Waals surface area contributed by atoms with E-state index in [1.807, 2.05) is 4.90 Å². The third-order valence-corrected chi connectivity index (χ3v) is 3.59. The molecular formula is C13H18Cl2F2N2O. The number of benzene rings is 1. The maximum Gasteiger partial charge on any atom is 0.132 e. The van der Waals surface area contributed by atoms with E-state index >= 15 is 0 Å². The Morgan fingerprint density at radius 1 is 1.25 bits per heavy atom. The molecular weight excluding hydrogens is 309 g/mol. The van der Waals surface area contributed by atoms with Crippen molar-refractivity contribution < 1.29 is 13.9 Å². The monoisotopic (exact) mass is 326 g/mol. The Labute approximate surface area is 128 Å². The van der Waals surface area contributed by atoms with Gasteiger partial charge in [0.1, 0.15) is 11.6 Å². The van der Waals surface area contributed by atoms with Gasteiger partial charge in [0.2, 0.25) is 0 Å². The summed E-state index contributed by atoms with van der Waals surface area (Å²) in [6, 6.07) is 1.78. The van der Waals surface area contributed by atoms with Gasteiger partial charge >= 0.3 is 0 Å². The molecule has 1 heterocycles. The Morgan fingerprint density at radius 2 is 1.80 bits per heavy atom. The van der Waals surface area contributed by atoms with Gasteiger partial charge in [-0.3, -0.25) is 4.90 Å². The molecule has 1 atom stereocenters. The number of nitrogens with one attached hydrogen (secondary N) is 1. The number of aliphatic hydroxyl groups is 1. The molecule has 0 unspecified atom stereocenters. The van der Waals surface area contributed by atoms with Crippen molar-refractivity contribution in [3.8, 4) is 0 Å². The molecule has 114 valence electrons. The predicted molar refractivity (Wildman–Crippen MR) is 77.5 cm³/mol. The molecule has 0 aliphatic carbocycles. The van der Waals surface area contributed by atoms with E-state index in [4.69, 9.17) is 16.7 Å². The zero-order valence-corrected chi connectivity index (χ0v) is 12.5. The van der Waals surface area contributed by atoms with Crippen LogP contribution in [0.1, 0.15) is 18.0 Å². The van der Waals surface area contributed by atoms with Gasteiger partial charge in [-0.2, -0.15) is 0 Å². The average Bonchev–Trinajstić information content (AvgIpc) is 2.37. The first-order valence-corrected chi connectivity index (χ1v) is 6.71. The molecule has 0 radical (unpaired) electrons. The summed E-state index contributed by atoms with van der Waals surface area (Å²) >= 11 is 5.64. The summed E-state index contributed by atoms with van der Waals surface area (Å²) in [4.78, 5) is 1.99. The first kappa shape index (κ1) is 17.6. The zero-order chi connectivity index (χ0) is 13.8. The van der Waals surface area contributed by atoms with Gasteiger partial charge < -0.3 is 10.4 Å². The lowest BCUT2D eigenvalue weighted by Crippen LogP contribution is -2.45. The number of halogens is 4. The molecule has 1 aliphatic heterocycles. The summed E-state index contributed by atoms with van der Waals surface area (Å²) in [5, 5.41) is 12.4. The van der Waals surface area contributed by atoms with Crippen LogP contribution in [0.25, 0.3) is 0 Å². The molecule has 20 heavy (non-hydrogen) atoms. The lowest BCUT2D eigenvalue weighted by atomic mass is 10.00. The molecule has 0 saturated carbocycles. The fourth-order valence-corrected chi connectivity index (χ4v) is 2.69. The van der Waals surface area contributed by atoms with E-state index in [0.717, 1.165) is 25.2 Å². The van der Waals surface area contributed by atoms with Crippen molar-refractivity contribution in [2.45, 2.75) is 12.5 Å². The molecule has 0 aromatic heterocycles. The lowest BCUT2D eigenvalue weighted by Gasteiger charge is -2.35. The summed E-state index contributed by atoms with van der Waals surface area (Å²) in [5.74, 6) is -1.30. The third-order valence-electron chi connectivity index (χ3n) is 3.37. The molecule has 1 aromatic rings. The van der Waals surface area contributed by atoms with Crippen LogP contribution in [0.5, 0.6) is 0 Å². The van der Waals surface area contributed by atoms with Crippen LogP contribution in [0.15, 0.2) is 12.1 Å². The number of nitrogens with zero attached hydrogens (tertiary/aromatic N) is 1. The number of hydrogen-bond acceptors (Lipinski definition) is 3. The van der Waals surface area contributed by atoms with Crippen LogP contribution < -0.4 is 5.32 Å². The van der Waals surface area contributed by atoms with Gasteiger partial charge in [-0.25, -0.2) is 8.78 Å². The Balaban J connectivity index is 0.00000200. The minimum atomic E-state index is -0.651. The second-order valence-electron chi connectivity index (χ2n) is 4.60. The van der Waals surface area contributed by atoms with Gasteiger partial charge in [0.15, 0.2) is 0 Å². The number of hydrogen-bond donors (Lipinski definition) is 2. The van der Waals surface area contributed by atoms with Crippen molar-refractivity contribution in [2.75, 3.05) is 32.8 Å². The molecule has 1 saturated heterocycles. The minimum Gasteiger partial charge on any atom is -0.396 e. The molecule has 2 N–H and O–H groups in total. The first-order valence-electron chi connectivity index (χ1n) is 6.33. The van der Waals surface area contributed by atoms with Crippen molar-refractivity contribution in [2.24, 2.45) is 0 Å². The number of piperazine rings is 1. The zero-order valence-electron chi connectivity index (χ0n) is 10.9. The van der Waals surface area contributed by atoms with Gasteiger partial charge in [-0.15, -0.1) is 12.4 Å². The van der Waals surface area contributed by atoms with Crippen LogP contribution in [0.2, 0.25) is 5.02 Å². The predicted octanol–water partition coefficient (Wildman–Crippen LogP) is 2.37. The fraction of sp³-hybridized carbons (Fsp3) is 0.538. The van der Waals surface area contributed by atoms with E-state index in [0.29, 0.717) is 19.5 Å². The van der Waals surface area contributed by atoms with Crippen LogP contribution >= 0.6 is 24.0 Å². The summed E-state index contributed by atoms with van der Waals surface area (Å²) in [6.07, 6.45) is 0.301. The average molecular weight is 327 g/mol. The number of aliphatic hydroxyl groups excluding tert-OH is 1. The highest BCUT2D eigenvalue weighted by atomic mass is 35.5. The maximum absolute atomic E-state index is 14.0. The number of rotatable bonds is 4. The van der Waals surface area contributed by atoms with E-state index in [2.05, 4.69) is 5.32 Å². The lowest BCUT2D eigenvalue weighted by molar-refractivity contribution is 0.135. The van der Waals surface area contributed by atoms with Crippen molar-refractivity contribution in [1.82, 2.24) is 10.2 Å². The summed E-state index contributed by atoms with van der Waals surface area (Å²) in [6.45, 7) is 2.84. The standard InChI is InChI=1S/C13H17ClF2N2O.ClH/c14-9-7-10(15)13(11(16)8-9)12(1-6-19)18-4-2-17-3-5-18;/h7-8,12,17,19H,1-6H2;1H/t12-;/m1./s1. The Morgan fingerprint density at radius 3 is 2.30 bits per heavy atom. The van der Waals surface area contributed by atoms with Crippen LogP contribution in [-0.2, 0) is 0 Å². The highest BCUT2D eigenvalue weighted by molar-refractivity contribution is 6.30. The maximum atomic E-state index is 14.0. The van der Waals surface area contributed by atoms with Crippen LogP contribution in [0, 0.1) is 11.6 Å². The summed E-state index contributed by atoms with van der Waals surface area (Å²) in [5.41, 5.74) is 0.000324. The van der Waals surface area contributed by atoms with Crippen molar-refractivity contribution in [3.63, 3.8) is 0 Å². The minimum absolute atomic E-state index is 0. The van der Waals surface area contributed by atoms with Crippen molar-refractivity contribution in [1.29, 1.82) is 0 Å². The molecule has 1 aromatic carbocycles. The second kappa shape index (κ2) is 8.10. The molecule has 7 heteroatoms. The molecule has 3 nitrogen and oxygen atoms in total. The smallest absolute Gasteiger partial charge is 0.132 e. The molecule has 0 bridgehead atoms. The van der Waals surface area contributed by atoms with Gasteiger partial charge in [0, 0.05) is 49.4 Å². The first-order chi connectivity index (χ1) is 9.13. The molecule has 0 spiro atoms. The van der Waals surface area contributed by atoms with Crippen LogP contribution in [0.3, 0.4) is 0 Å². The van der Waals surface area contributed by atoms with Crippen LogP contribution in [-0.4, -0.2) is 42.8 Å². The fourth-order valence-electron chi connectivity index (χ4n) is 2.50. The van der Waals surface area contributed by atoms with Crippen molar-refractivity contribution in [3.05, 3.63) is 34.4 Å². The highest BCUT2D eigenvalue weighted by Gasteiger charge is 2.27. The highest BCUT2D eigenvalue weighted by Crippen LogP contribution is 2.31. The van der Waals surface area contributed by atoms with Gasteiger partial charge in [0.25, 0.3) is 0 Å². The third kappa shape index (κ3) is 4.02. The Hall–Kier alpha value is -0.460. The van der Waals surface area contributed by atoms with Crippen molar-refractivity contribution >= 4 is 24.0 Å². The SMILES string of the molecule is Cl.OCC[C@H](c1c(F)cc(Cl)cc1F)N1CCNCC1. The second-order valence-corrected chi connectivity index (χ2v) is 5.03.